The maximum Gasteiger partial charge on any atom is 0.416 e. The molecule has 0 spiro atoms. The lowest BCUT2D eigenvalue weighted by molar-refractivity contribution is -0.140. The normalized spacial score (nSPS) is 12.6. The van der Waals surface area contributed by atoms with Crippen molar-refractivity contribution in [1.29, 1.82) is 0 Å². The smallest absolute Gasteiger partial charge is 0.354 e. The summed E-state index contributed by atoms with van der Waals surface area (Å²) >= 11 is 6.11. The summed E-state index contributed by atoms with van der Waals surface area (Å²) in [6.07, 6.45) is -2.16. The van der Waals surface area contributed by atoms with Crippen LogP contribution in [0.25, 0.3) is 0 Å². The summed E-state index contributed by atoms with van der Waals surface area (Å²) in [5.74, 6) is -1.16. The van der Waals surface area contributed by atoms with Gasteiger partial charge in [-0.2, -0.15) is 13.2 Å². The van der Waals surface area contributed by atoms with Crippen molar-refractivity contribution in [3.63, 3.8) is 0 Å². The van der Waals surface area contributed by atoms with Crippen LogP contribution in [0.5, 0.6) is 0 Å². The summed E-state index contributed by atoms with van der Waals surface area (Å²) in [7, 11) is -4.25. The monoisotopic (exact) mass is 575 g/mol. The van der Waals surface area contributed by atoms with Gasteiger partial charge in [0, 0.05) is 13.1 Å². The molecule has 0 aliphatic carbocycles. The summed E-state index contributed by atoms with van der Waals surface area (Å²) in [5.41, 5.74) is 0.00114. The second-order valence-electron chi connectivity index (χ2n) is 8.95. The van der Waals surface area contributed by atoms with Crippen molar-refractivity contribution in [3.05, 3.63) is 64.2 Å². The van der Waals surface area contributed by atoms with E-state index in [9.17, 15) is 31.2 Å². The molecule has 0 heterocycles. The number of alkyl halides is 3. The number of anilines is 1. The quantitative estimate of drug-likeness (QED) is 0.354. The Balaban J connectivity index is 2.52. The molecule has 0 radical (unpaired) electrons. The first-order chi connectivity index (χ1) is 17.7. The van der Waals surface area contributed by atoms with E-state index in [1.54, 1.807) is 19.1 Å². The third kappa shape index (κ3) is 8.36. The number of halogens is 4. The summed E-state index contributed by atoms with van der Waals surface area (Å²) in [5, 5.41) is 2.54. The Hall–Kier alpha value is -2.79. The van der Waals surface area contributed by atoms with Gasteiger partial charge in [-0.3, -0.25) is 13.9 Å². The van der Waals surface area contributed by atoms with Crippen LogP contribution in [0, 0.1) is 6.92 Å². The molecule has 0 saturated carbocycles. The average molecular weight is 576 g/mol. The van der Waals surface area contributed by atoms with Gasteiger partial charge in [0.15, 0.2) is 0 Å². The zero-order chi connectivity index (χ0) is 28.7. The molecule has 210 valence electrons. The minimum Gasteiger partial charge on any atom is -0.354 e. The zero-order valence-electron chi connectivity index (χ0n) is 21.8. The van der Waals surface area contributed by atoms with E-state index in [1.807, 2.05) is 26.0 Å². The van der Waals surface area contributed by atoms with Crippen LogP contribution >= 0.6 is 11.6 Å². The molecule has 0 aromatic heterocycles. The predicted molar refractivity (Wildman–Crippen MR) is 142 cm³/mol. The number of sulfonamides is 1. The molecule has 2 aromatic carbocycles. The van der Waals surface area contributed by atoms with E-state index >= 15 is 0 Å². The molecule has 38 heavy (non-hydrogen) atoms. The van der Waals surface area contributed by atoms with Crippen LogP contribution in [-0.2, 0) is 32.3 Å². The van der Waals surface area contributed by atoms with Gasteiger partial charge < -0.3 is 10.2 Å². The molecule has 0 saturated heterocycles. The summed E-state index contributed by atoms with van der Waals surface area (Å²) in [6.45, 7) is 5.10. The van der Waals surface area contributed by atoms with Crippen molar-refractivity contribution in [2.75, 3.05) is 23.7 Å². The highest BCUT2D eigenvalue weighted by Gasteiger charge is 2.35. The molecule has 0 aliphatic heterocycles. The lowest BCUT2D eigenvalue weighted by Gasteiger charge is -2.33. The van der Waals surface area contributed by atoms with Crippen LogP contribution in [0.3, 0.4) is 0 Å². The van der Waals surface area contributed by atoms with Gasteiger partial charge in [0.2, 0.25) is 21.8 Å². The summed E-state index contributed by atoms with van der Waals surface area (Å²) < 4.78 is 66.0. The van der Waals surface area contributed by atoms with E-state index in [0.717, 1.165) is 42.4 Å². The second kappa shape index (κ2) is 13.3. The van der Waals surface area contributed by atoms with Gasteiger partial charge >= 0.3 is 6.18 Å². The summed E-state index contributed by atoms with van der Waals surface area (Å²) in [4.78, 5) is 28.0. The van der Waals surface area contributed by atoms with Gasteiger partial charge in [0.05, 0.1) is 22.5 Å². The third-order valence-electron chi connectivity index (χ3n) is 6.04. The van der Waals surface area contributed by atoms with Gasteiger partial charge in [0.25, 0.3) is 0 Å². The van der Waals surface area contributed by atoms with Crippen LogP contribution in [0.2, 0.25) is 5.02 Å². The van der Waals surface area contributed by atoms with Crippen molar-refractivity contribution < 1.29 is 31.2 Å². The number of hydrogen-bond acceptors (Lipinski definition) is 4. The number of rotatable bonds is 12. The SMILES string of the molecule is CCCCNC(=O)[C@@H](CC)N(Cc1ccccc1C)C(=O)CN(c1cc(C(F)(F)F)ccc1Cl)S(C)(=O)=O. The molecule has 1 N–H and O–H groups in total. The number of benzene rings is 2. The van der Waals surface area contributed by atoms with Crippen LogP contribution in [-0.4, -0.2) is 50.5 Å². The first kappa shape index (κ1) is 31.4. The average Bonchev–Trinajstić information content (AvgIpc) is 2.82. The molecule has 2 aromatic rings. The maximum absolute atomic E-state index is 13.7. The highest BCUT2D eigenvalue weighted by atomic mass is 35.5. The molecule has 2 rings (SSSR count). The van der Waals surface area contributed by atoms with Crippen LogP contribution in [0.1, 0.15) is 49.8 Å². The fourth-order valence-corrected chi connectivity index (χ4v) is 4.99. The molecule has 2 amide bonds. The number of amides is 2. The largest absolute Gasteiger partial charge is 0.416 e. The number of carbonyl (C=O) groups excluding carboxylic acids is 2. The molecule has 1 atom stereocenters. The Morgan fingerprint density at radius 1 is 1.11 bits per heavy atom. The predicted octanol–water partition coefficient (Wildman–Crippen LogP) is 5.16. The van der Waals surface area contributed by atoms with Gasteiger partial charge in [-0.1, -0.05) is 56.1 Å². The van der Waals surface area contributed by atoms with E-state index in [4.69, 9.17) is 11.6 Å². The fourth-order valence-electron chi connectivity index (χ4n) is 3.87. The van der Waals surface area contributed by atoms with E-state index in [2.05, 4.69) is 5.32 Å². The molecule has 0 aliphatic rings. The topological polar surface area (TPSA) is 86.8 Å². The lowest BCUT2D eigenvalue weighted by atomic mass is 10.1. The van der Waals surface area contributed by atoms with Crippen molar-refractivity contribution in [2.45, 2.75) is 58.8 Å². The van der Waals surface area contributed by atoms with Crippen LogP contribution in [0.4, 0.5) is 18.9 Å². The van der Waals surface area contributed by atoms with Gasteiger partial charge in [-0.05, 0) is 49.1 Å². The van der Waals surface area contributed by atoms with Gasteiger partial charge in [-0.25, -0.2) is 8.42 Å². The van der Waals surface area contributed by atoms with Crippen molar-refractivity contribution in [2.24, 2.45) is 0 Å². The second-order valence-corrected chi connectivity index (χ2v) is 11.3. The molecular formula is C26H33ClF3N3O4S. The Morgan fingerprint density at radius 3 is 2.32 bits per heavy atom. The molecule has 0 unspecified atom stereocenters. The zero-order valence-corrected chi connectivity index (χ0v) is 23.4. The Kier molecular flexibility index (Phi) is 11.0. The Labute approximate surface area is 227 Å². The van der Waals surface area contributed by atoms with Gasteiger partial charge in [-0.15, -0.1) is 0 Å². The number of hydrogen-bond donors (Lipinski definition) is 1. The van der Waals surface area contributed by atoms with Crippen LogP contribution in [0.15, 0.2) is 42.5 Å². The maximum atomic E-state index is 13.7. The van der Waals surface area contributed by atoms with E-state index in [1.165, 1.54) is 4.90 Å². The van der Waals surface area contributed by atoms with E-state index in [0.29, 0.717) is 16.9 Å². The Morgan fingerprint density at radius 2 is 1.76 bits per heavy atom. The van der Waals surface area contributed by atoms with Crippen LogP contribution < -0.4 is 9.62 Å². The number of unbranched alkanes of at least 4 members (excludes halogenated alkanes) is 1. The standard InChI is InChI=1S/C26H33ClF3N3O4S/c1-5-7-14-31-25(35)22(6-2)32(16-19-11-9-8-10-18(19)3)24(34)17-33(38(4,36)37)23-15-20(26(28,29)30)12-13-21(23)27/h8-13,15,22H,5-7,14,16-17H2,1-4H3,(H,31,35)/t22-/m1/s1. The number of aryl methyl sites for hydroxylation is 1. The molecule has 0 fully saturated rings. The number of nitrogens with zero attached hydrogens (tertiary/aromatic N) is 2. The lowest BCUT2D eigenvalue weighted by Crippen LogP contribution is -2.52. The first-order valence-corrected chi connectivity index (χ1v) is 14.4. The van der Waals surface area contributed by atoms with Crippen molar-refractivity contribution >= 4 is 39.1 Å². The summed E-state index contributed by atoms with van der Waals surface area (Å²) in [6, 6.07) is 8.55. The van der Waals surface area contributed by atoms with E-state index in [-0.39, 0.29) is 18.0 Å². The Bertz CT molecular complexity index is 1240. The molecule has 7 nitrogen and oxygen atoms in total. The van der Waals surface area contributed by atoms with E-state index < -0.39 is 51.9 Å². The number of nitrogens with one attached hydrogen (secondary N) is 1. The van der Waals surface area contributed by atoms with Gasteiger partial charge in [0.1, 0.15) is 12.6 Å². The highest BCUT2D eigenvalue weighted by molar-refractivity contribution is 7.92. The molecule has 0 bridgehead atoms. The minimum atomic E-state index is -4.76. The highest BCUT2D eigenvalue weighted by Crippen LogP contribution is 2.36. The minimum absolute atomic E-state index is 0.000857. The first-order valence-electron chi connectivity index (χ1n) is 12.2. The third-order valence-corrected chi connectivity index (χ3v) is 7.48. The molecular weight excluding hydrogens is 543 g/mol. The fraction of sp³-hybridized carbons (Fsp3) is 0.462. The van der Waals surface area contributed by atoms with Crippen molar-refractivity contribution in [3.8, 4) is 0 Å². The molecule has 12 heteroatoms. The van der Waals surface area contributed by atoms with Crippen molar-refractivity contribution in [1.82, 2.24) is 10.2 Å². The number of carbonyl (C=O) groups is 2.